The van der Waals surface area contributed by atoms with Crippen LogP contribution in [0.3, 0.4) is 0 Å². The van der Waals surface area contributed by atoms with Gasteiger partial charge in [0.1, 0.15) is 11.8 Å². The summed E-state index contributed by atoms with van der Waals surface area (Å²) >= 11 is 3.29. The lowest BCUT2D eigenvalue weighted by molar-refractivity contribution is 0.193. The molecule has 0 aromatic heterocycles. The van der Waals surface area contributed by atoms with Crippen molar-refractivity contribution in [1.29, 1.82) is 5.26 Å². The van der Waals surface area contributed by atoms with E-state index in [-0.39, 0.29) is 6.61 Å². The predicted molar refractivity (Wildman–Crippen MR) is 55.9 cm³/mol. The van der Waals surface area contributed by atoms with Crippen LogP contribution >= 0.6 is 15.9 Å². The number of hydrogen-bond acceptors (Lipinski definition) is 3. The predicted octanol–water partition coefficient (Wildman–Crippen LogP) is 2.40. The van der Waals surface area contributed by atoms with Gasteiger partial charge in [-0.3, -0.25) is 0 Å². The molecule has 0 aliphatic carbocycles. The average molecular weight is 256 g/mol. The van der Waals surface area contributed by atoms with Crippen LogP contribution in [0.4, 0.5) is 0 Å². The highest BCUT2D eigenvalue weighted by atomic mass is 79.9. The fraction of sp³-hybridized carbons (Fsp3) is 0.300. The monoisotopic (exact) mass is 255 g/mol. The molecule has 0 saturated heterocycles. The second-order valence-electron chi connectivity index (χ2n) is 2.80. The molecule has 1 aromatic rings. The van der Waals surface area contributed by atoms with Gasteiger partial charge in [-0.05, 0) is 19.1 Å². The molecule has 0 radical (unpaired) electrons. The van der Waals surface area contributed by atoms with Crippen LogP contribution < -0.4 is 4.74 Å². The molecule has 0 fully saturated rings. The van der Waals surface area contributed by atoms with Crippen molar-refractivity contribution in [2.24, 2.45) is 0 Å². The van der Waals surface area contributed by atoms with E-state index in [2.05, 4.69) is 15.9 Å². The van der Waals surface area contributed by atoms with Crippen molar-refractivity contribution in [3.8, 4) is 11.8 Å². The summed E-state index contributed by atoms with van der Waals surface area (Å²) < 4.78 is 6.03. The van der Waals surface area contributed by atoms with Crippen molar-refractivity contribution >= 4 is 15.9 Å². The number of nitriles is 1. The summed E-state index contributed by atoms with van der Waals surface area (Å²) in [5, 5.41) is 17.8. The fourth-order valence-electron chi connectivity index (χ4n) is 1.09. The number of hydrogen-bond donors (Lipinski definition) is 1. The van der Waals surface area contributed by atoms with Crippen molar-refractivity contribution in [3.05, 3.63) is 28.2 Å². The summed E-state index contributed by atoms with van der Waals surface area (Å²) in [6.07, 6.45) is -0.600. The summed E-state index contributed by atoms with van der Waals surface area (Å²) in [5.41, 5.74) is 0.684. The van der Waals surface area contributed by atoms with Crippen molar-refractivity contribution in [2.75, 3.05) is 6.61 Å². The van der Waals surface area contributed by atoms with E-state index in [1.165, 1.54) is 0 Å². The zero-order valence-corrected chi connectivity index (χ0v) is 9.28. The van der Waals surface area contributed by atoms with E-state index in [0.29, 0.717) is 11.3 Å². The molecule has 0 saturated carbocycles. The van der Waals surface area contributed by atoms with E-state index in [1.54, 1.807) is 19.1 Å². The summed E-state index contributed by atoms with van der Waals surface area (Å²) in [6, 6.07) is 7.20. The molecule has 1 N–H and O–H groups in total. The van der Waals surface area contributed by atoms with E-state index in [9.17, 15) is 5.11 Å². The van der Waals surface area contributed by atoms with Crippen LogP contribution in [0.5, 0.6) is 5.75 Å². The van der Waals surface area contributed by atoms with Crippen molar-refractivity contribution < 1.29 is 9.84 Å². The highest BCUT2D eigenvalue weighted by Crippen LogP contribution is 2.28. The van der Waals surface area contributed by atoms with Crippen molar-refractivity contribution in [2.45, 2.75) is 13.0 Å². The van der Waals surface area contributed by atoms with Gasteiger partial charge in [-0.25, -0.2) is 0 Å². The minimum atomic E-state index is -0.600. The molecule has 0 amide bonds. The maximum Gasteiger partial charge on any atom is 0.174 e. The molecule has 3 nitrogen and oxygen atoms in total. The largest absolute Gasteiger partial charge is 0.478 e. The van der Waals surface area contributed by atoms with Crippen LogP contribution in [0.1, 0.15) is 18.6 Å². The standard InChI is InChI=1S/C10H10BrNO2/c1-7(13)9-3-2-8(11)6-10(9)14-5-4-12/h2-3,6-7,13H,5H2,1H3/t7-/m0/s1. The third-order valence-corrected chi connectivity index (χ3v) is 2.21. The van der Waals surface area contributed by atoms with Gasteiger partial charge in [-0.2, -0.15) is 5.26 Å². The first kappa shape index (κ1) is 11.0. The molecule has 1 aromatic carbocycles. The summed E-state index contributed by atoms with van der Waals surface area (Å²) in [4.78, 5) is 0. The Morgan fingerprint density at radius 2 is 2.36 bits per heavy atom. The third-order valence-electron chi connectivity index (χ3n) is 1.72. The van der Waals surface area contributed by atoms with Crippen LogP contribution in [0.2, 0.25) is 0 Å². The Bertz CT molecular complexity index is 358. The second kappa shape index (κ2) is 4.99. The van der Waals surface area contributed by atoms with E-state index < -0.39 is 6.10 Å². The molecular formula is C10H10BrNO2. The molecule has 1 atom stereocenters. The van der Waals surface area contributed by atoms with Gasteiger partial charge < -0.3 is 9.84 Å². The van der Waals surface area contributed by atoms with Gasteiger partial charge in [0.15, 0.2) is 6.61 Å². The molecular weight excluding hydrogens is 246 g/mol. The molecule has 0 aliphatic heterocycles. The fourth-order valence-corrected chi connectivity index (χ4v) is 1.43. The lowest BCUT2D eigenvalue weighted by Crippen LogP contribution is -2.00. The number of benzene rings is 1. The quantitative estimate of drug-likeness (QED) is 0.903. The topological polar surface area (TPSA) is 53.2 Å². The van der Waals surface area contributed by atoms with Gasteiger partial charge in [0.05, 0.1) is 6.10 Å². The van der Waals surface area contributed by atoms with Gasteiger partial charge in [-0.15, -0.1) is 0 Å². The zero-order chi connectivity index (χ0) is 10.6. The normalized spacial score (nSPS) is 11.9. The van der Waals surface area contributed by atoms with Crippen LogP contribution in [0, 0.1) is 11.3 Å². The van der Waals surface area contributed by atoms with Crippen LogP contribution in [-0.2, 0) is 0 Å². The minimum Gasteiger partial charge on any atom is -0.478 e. The molecule has 0 bridgehead atoms. The second-order valence-corrected chi connectivity index (χ2v) is 3.72. The van der Waals surface area contributed by atoms with Gasteiger partial charge in [0.25, 0.3) is 0 Å². The lowest BCUT2D eigenvalue weighted by Gasteiger charge is -2.11. The summed E-state index contributed by atoms with van der Waals surface area (Å²) in [5.74, 6) is 0.538. The summed E-state index contributed by atoms with van der Waals surface area (Å²) in [7, 11) is 0. The maximum atomic E-state index is 9.42. The Morgan fingerprint density at radius 1 is 1.64 bits per heavy atom. The van der Waals surface area contributed by atoms with Crippen LogP contribution in [0.15, 0.2) is 22.7 Å². The molecule has 0 unspecified atom stereocenters. The lowest BCUT2D eigenvalue weighted by atomic mass is 10.1. The highest BCUT2D eigenvalue weighted by molar-refractivity contribution is 9.10. The first-order valence-electron chi connectivity index (χ1n) is 4.12. The Kier molecular flexibility index (Phi) is 3.93. The van der Waals surface area contributed by atoms with E-state index in [4.69, 9.17) is 10.00 Å². The van der Waals surface area contributed by atoms with E-state index in [0.717, 1.165) is 4.47 Å². The SMILES string of the molecule is C[C@H](O)c1ccc(Br)cc1OCC#N. The number of halogens is 1. The highest BCUT2D eigenvalue weighted by Gasteiger charge is 2.09. The molecule has 0 spiro atoms. The van der Waals surface area contributed by atoms with Gasteiger partial charge in [0, 0.05) is 10.0 Å². The molecule has 14 heavy (non-hydrogen) atoms. The Morgan fingerprint density at radius 3 is 2.93 bits per heavy atom. The Labute approximate surface area is 91.1 Å². The van der Waals surface area contributed by atoms with Crippen molar-refractivity contribution in [3.63, 3.8) is 0 Å². The van der Waals surface area contributed by atoms with Gasteiger partial charge in [-0.1, -0.05) is 22.0 Å². The van der Waals surface area contributed by atoms with Gasteiger partial charge in [0.2, 0.25) is 0 Å². The number of rotatable bonds is 3. The van der Waals surface area contributed by atoms with E-state index in [1.807, 2.05) is 12.1 Å². The molecule has 1 rings (SSSR count). The molecule has 0 heterocycles. The first-order chi connectivity index (χ1) is 6.65. The van der Waals surface area contributed by atoms with Crippen LogP contribution in [-0.4, -0.2) is 11.7 Å². The van der Waals surface area contributed by atoms with Crippen molar-refractivity contribution in [1.82, 2.24) is 0 Å². The number of aliphatic hydroxyl groups is 1. The number of aliphatic hydroxyl groups excluding tert-OH is 1. The van der Waals surface area contributed by atoms with Crippen LogP contribution in [0.25, 0.3) is 0 Å². The summed E-state index contributed by atoms with van der Waals surface area (Å²) in [6.45, 7) is 1.64. The number of nitrogens with zero attached hydrogens (tertiary/aromatic N) is 1. The van der Waals surface area contributed by atoms with E-state index >= 15 is 0 Å². The number of ether oxygens (including phenoxy) is 1. The minimum absolute atomic E-state index is 0.0177. The zero-order valence-electron chi connectivity index (χ0n) is 7.70. The molecule has 74 valence electrons. The maximum absolute atomic E-state index is 9.42. The smallest absolute Gasteiger partial charge is 0.174 e. The van der Waals surface area contributed by atoms with Gasteiger partial charge >= 0.3 is 0 Å². The molecule has 0 aliphatic rings. The first-order valence-corrected chi connectivity index (χ1v) is 4.91. The average Bonchev–Trinajstić information content (AvgIpc) is 2.14. The Hall–Kier alpha value is -1.05. The Balaban J connectivity index is 2.98. The molecule has 4 heteroatoms. The third kappa shape index (κ3) is 2.72.